The van der Waals surface area contributed by atoms with Crippen LogP contribution in [-0.2, 0) is 9.59 Å². The van der Waals surface area contributed by atoms with Gasteiger partial charge in [-0.1, -0.05) is 29.8 Å². The van der Waals surface area contributed by atoms with Crippen molar-refractivity contribution in [3.8, 4) is 5.75 Å². The van der Waals surface area contributed by atoms with Gasteiger partial charge in [0.25, 0.3) is 11.8 Å². The standard InChI is InChI=1S/C15H18BrN3O5/c1-8(2)12(13(20)18-23)19-14(21)11(17-15(19)22)7-24-10-5-3-9(16)4-6-10/h3-6,8,11-12,23H,7H2,1-2H3,(H,17,22)(H,18,20)/t11-,12+/m0/s1. The zero-order valence-corrected chi connectivity index (χ0v) is 14.7. The number of hydroxylamine groups is 1. The molecular weight excluding hydrogens is 382 g/mol. The molecule has 1 aromatic rings. The maximum Gasteiger partial charge on any atom is 0.325 e. The molecule has 1 fully saturated rings. The second-order valence-corrected chi connectivity index (χ2v) is 6.56. The van der Waals surface area contributed by atoms with Gasteiger partial charge < -0.3 is 10.1 Å². The summed E-state index contributed by atoms with van der Waals surface area (Å²) in [5.41, 5.74) is 1.49. The minimum Gasteiger partial charge on any atom is -0.491 e. The lowest BCUT2D eigenvalue weighted by molar-refractivity contribution is -0.142. The van der Waals surface area contributed by atoms with Crippen molar-refractivity contribution in [3.05, 3.63) is 28.7 Å². The van der Waals surface area contributed by atoms with E-state index >= 15 is 0 Å². The summed E-state index contributed by atoms with van der Waals surface area (Å²) in [6, 6.07) is 4.34. The Labute approximate surface area is 147 Å². The number of ether oxygens (including phenoxy) is 1. The number of hydrogen-bond acceptors (Lipinski definition) is 5. The molecule has 0 unspecified atom stereocenters. The summed E-state index contributed by atoms with van der Waals surface area (Å²) in [7, 11) is 0. The Kier molecular flexibility index (Phi) is 5.79. The minimum atomic E-state index is -1.10. The Morgan fingerprint density at radius 2 is 2.00 bits per heavy atom. The molecule has 24 heavy (non-hydrogen) atoms. The van der Waals surface area contributed by atoms with Crippen molar-refractivity contribution in [3.63, 3.8) is 0 Å². The van der Waals surface area contributed by atoms with Crippen molar-refractivity contribution < 1.29 is 24.3 Å². The predicted octanol–water partition coefficient (Wildman–Crippen LogP) is 1.28. The first-order valence-electron chi connectivity index (χ1n) is 7.31. The van der Waals surface area contributed by atoms with E-state index in [9.17, 15) is 14.4 Å². The lowest BCUT2D eigenvalue weighted by atomic mass is 10.0. The van der Waals surface area contributed by atoms with Gasteiger partial charge in [0.15, 0.2) is 0 Å². The van der Waals surface area contributed by atoms with E-state index in [4.69, 9.17) is 9.94 Å². The van der Waals surface area contributed by atoms with Crippen molar-refractivity contribution in [1.29, 1.82) is 0 Å². The summed E-state index contributed by atoms with van der Waals surface area (Å²) >= 11 is 3.31. The third-order valence-electron chi connectivity index (χ3n) is 3.57. The van der Waals surface area contributed by atoms with E-state index in [0.717, 1.165) is 9.37 Å². The maximum atomic E-state index is 12.5. The third kappa shape index (κ3) is 3.85. The van der Waals surface area contributed by atoms with E-state index in [2.05, 4.69) is 21.2 Å². The van der Waals surface area contributed by atoms with E-state index in [1.165, 1.54) is 5.48 Å². The van der Waals surface area contributed by atoms with Crippen LogP contribution in [0.3, 0.4) is 0 Å². The number of urea groups is 1. The molecule has 1 aliphatic heterocycles. The van der Waals surface area contributed by atoms with E-state index in [1.54, 1.807) is 38.1 Å². The number of carbonyl (C=O) groups excluding carboxylic acids is 3. The van der Waals surface area contributed by atoms with Gasteiger partial charge in [-0.15, -0.1) is 0 Å². The summed E-state index contributed by atoms with van der Waals surface area (Å²) in [4.78, 5) is 37.1. The van der Waals surface area contributed by atoms with Crippen LogP contribution in [0.2, 0.25) is 0 Å². The van der Waals surface area contributed by atoms with Gasteiger partial charge >= 0.3 is 6.03 Å². The molecule has 0 radical (unpaired) electrons. The quantitative estimate of drug-likeness (QED) is 0.379. The number of hydrogen-bond donors (Lipinski definition) is 3. The fourth-order valence-electron chi connectivity index (χ4n) is 2.42. The van der Waals surface area contributed by atoms with E-state index in [0.29, 0.717) is 5.75 Å². The number of benzene rings is 1. The van der Waals surface area contributed by atoms with Gasteiger partial charge in [0, 0.05) is 4.47 Å². The van der Waals surface area contributed by atoms with Gasteiger partial charge in [-0.2, -0.15) is 0 Å². The number of amides is 4. The van der Waals surface area contributed by atoms with Crippen molar-refractivity contribution in [2.24, 2.45) is 5.92 Å². The normalized spacial score (nSPS) is 18.5. The second kappa shape index (κ2) is 7.63. The van der Waals surface area contributed by atoms with Crippen LogP contribution >= 0.6 is 15.9 Å². The molecular formula is C15H18BrN3O5. The van der Waals surface area contributed by atoms with Gasteiger partial charge in [0.05, 0.1) is 0 Å². The molecule has 0 aromatic heterocycles. The van der Waals surface area contributed by atoms with Crippen LogP contribution in [-0.4, -0.2) is 46.6 Å². The van der Waals surface area contributed by atoms with Crippen LogP contribution < -0.4 is 15.5 Å². The average molecular weight is 400 g/mol. The molecule has 0 bridgehead atoms. The molecule has 4 amide bonds. The Morgan fingerprint density at radius 3 is 2.54 bits per heavy atom. The lowest BCUT2D eigenvalue weighted by Crippen LogP contribution is -2.52. The molecule has 1 aliphatic rings. The number of nitrogens with one attached hydrogen (secondary N) is 2. The number of nitrogens with zero attached hydrogens (tertiary/aromatic N) is 1. The first-order chi connectivity index (χ1) is 11.3. The van der Waals surface area contributed by atoms with E-state index in [1.807, 2.05) is 0 Å². The molecule has 130 valence electrons. The van der Waals surface area contributed by atoms with Gasteiger partial charge in [-0.25, -0.2) is 15.2 Å². The van der Waals surface area contributed by atoms with Gasteiger partial charge in [-0.05, 0) is 30.2 Å². The number of imide groups is 1. The van der Waals surface area contributed by atoms with Crippen LogP contribution in [0.25, 0.3) is 0 Å². The first kappa shape index (κ1) is 18.2. The number of carbonyl (C=O) groups is 3. The molecule has 1 saturated heterocycles. The van der Waals surface area contributed by atoms with Crippen LogP contribution in [0, 0.1) is 5.92 Å². The Balaban J connectivity index is 2.07. The first-order valence-corrected chi connectivity index (χ1v) is 8.10. The highest BCUT2D eigenvalue weighted by Crippen LogP contribution is 2.20. The summed E-state index contributed by atoms with van der Waals surface area (Å²) < 4.78 is 6.40. The van der Waals surface area contributed by atoms with Crippen LogP contribution in [0.4, 0.5) is 4.79 Å². The largest absolute Gasteiger partial charge is 0.491 e. The van der Waals surface area contributed by atoms with Crippen molar-refractivity contribution in [2.45, 2.75) is 25.9 Å². The fraction of sp³-hybridized carbons (Fsp3) is 0.400. The monoisotopic (exact) mass is 399 g/mol. The van der Waals surface area contributed by atoms with Crippen molar-refractivity contribution in [2.75, 3.05) is 6.61 Å². The second-order valence-electron chi connectivity index (χ2n) is 5.64. The SMILES string of the molecule is CC(C)[C@H](C(=O)NO)N1C(=O)N[C@@H](COc2ccc(Br)cc2)C1=O. The topological polar surface area (TPSA) is 108 Å². The van der Waals surface area contributed by atoms with Gasteiger partial charge in [0.1, 0.15) is 24.4 Å². The molecule has 0 aliphatic carbocycles. The summed E-state index contributed by atoms with van der Waals surface area (Å²) in [5.74, 6) is -1.20. The maximum absolute atomic E-state index is 12.5. The molecule has 1 heterocycles. The Hall–Kier alpha value is -2.13. The molecule has 0 spiro atoms. The van der Waals surface area contributed by atoms with Crippen molar-refractivity contribution in [1.82, 2.24) is 15.7 Å². The molecule has 2 atom stereocenters. The lowest BCUT2D eigenvalue weighted by Gasteiger charge is -2.26. The number of rotatable bonds is 6. The fourth-order valence-corrected chi connectivity index (χ4v) is 2.68. The highest BCUT2D eigenvalue weighted by molar-refractivity contribution is 9.10. The molecule has 0 saturated carbocycles. The van der Waals surface area contributed by atoms with E-state index in [-0.39, 0.29) is 12.5 Å². The highest BCUT2D eigenvalue weighted by Gasteiger charge is 2.46. The van der Waals surface area contributed by atoms with Crippen LogP contribution in [0.15, 0.2) is 28.7 Å². The van der Waals surface area contributed by atoms with Gasteiger partial charge in [0.2, 0.25) is 0 Å². The average Bonchev–Trinajstić information content (AvgIpc) is 2.82. The molecule has 9 heteroatoms. The van der Waals surface area contributed by atoms with Crippen LogP contribution in [0.5, 0.6) is 5.75 Å². The molecule has 3 N–H and O–H groups in total. The Morgan fingerprint density at radius 1 is 1.38 bits per heavy atom. The smallest absolute Gasteiger partial charge is 0.325 e. The zero-order valence-electron chi connectivity index (χ0n) is 13.2. The van der Waals surface area contributed by atoms with Gasteiger partial charge in [-0.3, -0.25) is 14.8 Å². The number of halogens is 1. The minimum absolute atomic E-state index is 0.0612. The Bertz CT molecular complexity index is 635. The highest BCUT2D eigenvalue weighted by atomic mass is 79.9. The molecule has 8 nitrogen and oxygen atoms in total. The van der Waals surface area contributed by atoms with Crippen LogP contribution in [0.1, 0.15) is 13.8 Å². The zero-order chi connectivity index (χ0) is 17.9. The molecule has 2 rings (SSSR count). The summed E-state index contributed by atoms with van der Waals surface area (Å²) in [6.45, 7) is 3.28. The van der Waals surface area contributed by atoms with E-state index < -0.39 is 29.9 Å². The third-order valence-corrected chi connectivity index (χ3v) is 4.10. The van der Waals surface area contributed by atoms with Crippen molar-refractivity contribution >= 4 is 33.8 Å². The molecule has 1 aromatic carbocycles. The summed E-state index contributed by atoms with van der Waals surface area (Å²) in [5, 5.41) is 11.3. The predicted molar refractivity (Wildman–Crippen MR) is 87.4 cm³/mol. The summed E-state index contributed by atoms with van der Waals surface area (Å²) in [6.07, 6.45) is 0.